The van der Waals surface area contributed by atoms with Crippen molar-refractivity contribution in [1.29, 1.82) is 0 Å². The molecule has 6 heterocycles. The normalized spacial score (nSPS) is 10.9. The average Bonchev–Trinajstić information content (AvgIpc) is 3.09. The van der Waals surface area contributed by atoms with Crippen LogP contribution in [-0.2, 0) is 0 Å². The van der Waals surface area contributed by atoms with Gasteiger partial charge in [-0.05, 0) is 83.9 Å². The third-order valence-electron chi connectivity index (χ3n) is 6.88. The summed E-state index contributed by atoms with van der Waals surface area (Å²) in [6, 6.07) is 42.0. The van der Waals surface area contributed by atoms with Crippen LogP contribution in [0.15, 0.2) is 146 Å². The van der Waals surface area contributed by atoms with Crippen LogP contribution in [-0.4, -0.2) is 29.9 Å². The van der Waals surface area contributed by atoms with E-state index < -0.39 is 0 Å². The van der Waals surface area contributed by atoms with Gasteiger partial charge in [-0.1, -0.05) is 54.6 Å². The lowest BCUT2D eigenvalue weighted by atomic mass is 10.0. The molecule has 0 N–H and O–H groups in total. The van der Waals surface area contributed by atoms with E-state index in [1.54, 1.807) is 18.6 Å². The van der Waals surface area contributed by atoms with E-state index in [1.165, 1.54) is 0 Å². The highest BCUT2D eigenvalue weighted by Crippen LogP contribution is 2.31. The van der Waals surface area contributed by atoms with E-state index in [4.69, 9.17) is 15.0 Å². The zero-order chi connectivity index (χ0) is 28.1. The molecule has 6 aromatic heterocycles. The Morgan fingerprint density at radius 2 is 0.643 bits per heavy atom. The fourth-order valence-corrected chi connectivity index (χ4v) is 4.79. The molecule has 0 amide bonds. The van der Waals surface area contributed by atoms with Crippen molar-refractivity contribution in [2.24, 2.45) is 0 Å². The van der Waals surface area contributed by atoms with Crippen LogP contribution in [0.25, 0.3) is 67.9 Å². The standard InChI is InChI=1S/C36H24N6/c1-4-20-37-29(9-1)32-13-8-15-34(41-32)33-14-7-12-28(40-33)26-18-16-25(17-19-26)27-23-35(30-10-2-5-21-38-30)42-36(24-27)31-11-3-6-22-39-31/h1-24H. The average molecular weight is 541 g/mol. The first kappa shape index (κ1) is 25.1. The molecule has 1 aromatic carbocycles. The van der Waals surface area contributed by atoms with Gasteiger partial charge in [0.05, 0.1) is 51.2 Å². The number of pyridine rings is 6. The van der Waals surface area contributed by atoms with Gasteiger partial charge < -0.3 is 0 Å². The predicted octanol–water partition coefficient (Wildman–Crippen LogP) is 8.06. The van der Waals surface area contributed by atoms with Crippen LogP contribution in [0.2, 0.25) is 0 Å². The molecule has 0 aliphatic rings. The molecule has 0 saturated heterocycles. The van der Waals surface area contributed by atoms with Gasteiger partial charge in [0.15, 0.2) is 0 Å². The minimum atomic E-state index is 0.799. The zero-order valence-corrected chi connectivity index (χ0v) is 22.5. The first-order valence-corrected chi connectivity index (χ1v) is 13.6. The van der Waals surface area contributed by atoms with E-state index in [-0.39, 0.29) is 0 Å². The fraction of sp³-hybridized carbons (Fsp3) is 0. The molecule has 198 valence electrons. The molecule has 0 saturated carbocycles. The highest BCUT2D eigenvalue weighted by molar-refractivity contribution is 5.76. The summed E-state index contributed by atoms with van der Waals surface area (Å²) in [7, 11) is 0. The molecule has 0 aliphatic carbocycles. The first-order valence-electron chi connectivity index (χ1n) is 13.6. The topological polar surface area (TPSA) is 77.3 Å². The second-order valence-electron chi connectivity index (χ2n) is 9.66. The summed E-state index contributed by atoms with van der Waals surface area (Å²) in [5, 5.41) is 0. The van der Waals surface area contributed by atoms with Crippen LogP contribution in [0.4, 0.5) is 0 Å². The fourth-order valence-electron chi connectivity index (χ4n) is 4.79. The summed E-state index contributed by atoms with van der Waals surface area (Å²) in [6.07, 6.45) is 5.34. The Bertz CT molecular complexity index is 1900. The quantitative estimate of drug-likeness (QED) is 0.212. The molecule has 0 spiro atoms. The van der Waals surface area contributed by atoms with Crippen molar-refractivity contribution in [2.45, 2.75) is 0 Å². The Labute approximate surface area is 243 Å². The molecule has 6 heteroatoms. The van der Waals surface area contributed by atoms with Crippen LogP contribution in [0.3, 0.4) is 0 Å². The van der Waals surface area contributed by atoms with Crippen molar-refractivity contribution in [2.75, 3.05) is 0 Å². The van der Waals surface area contributed by atoms with Crippen molar-refractivity contribution < 1.29 is 0 Å². The Morgan fingerprint density at radius 3 is 1.14 bits per heavy atom. The summed E-state index contributed by atoms with van der Waals surface area (Å²) in [5.74, 6) is 0. The van der Waals surface area contributed by atoms with Crippen LogP contribution in [0, 0.1) is 0 Å². The van der Waals surface area contributed by atoms with Gasteiger partial charge in [0.2, 0.25) is 0 Å². The zero-order valence-electron chi connectivity index (χ0n) is 22.5. The van der Waals surface area contributed by atoms with Gasteiger partial charge in [-0.2, -0.15) is 0 Å². The Hall–Kier alpha value is -5.88. The van der Waals surface area contributed by atoms with Gasteiger partial charge in [-0.25, -0.2) is 15.0 Å². The van der Waals surface area contributed by atoms with Crippen molar-refractivity contribution in [3.8, 4) is 67.9 Å². The monoisotopic (exact) mass is 540 g/mol. The number of benzene rings is 1. The van der Waals surface area contributed by atoms with E-state index in [1.807, 2.05) is 91.0 Å². The molecule has 0 atom stereocenters. The van der Waals surface area contributed by atoms with Gasteiger partial charge in [-0.3, -0.25) is 15.0 Å². The largest absolute Gasteiger partial charge is 0.255 e. The SMILES string of the molecule is c1ccc(-c2cc(-c3ccc(-c4cccc(-c5cccc(-c6ccccn6)n5)n4)cc3)cc(-c3ccccn3)n2)nc1. The smallest absolute Gasteiger partial charge is 0.0900 e. The molecule has 6 nitrogen and oxygen atoms in total. The van der Waals surface area contributed by atoms with Gasteiger partial charge in [0.1, 0.15) is 0 Å². The number of hydrogen-bond acceptors (Lipinski definition) is 6. The number of rotatable bonds is 6. The predicted molar refractivity (Wildman–Crippen MR) is 166 cm³/mol. The van der Waals surface area contributed by atoms with Crippen molar-refractivity contribution >= 4 is 0 Å². The highest BCUT2D eigenvalue weighted by Gasteiger charge is 2.12. The summed E-state index contributed by atoms with van der Waals surface area (Å²) < 4.78 is 0. The van der Waals surface area contributed by atoms with Gasteiger partial charge >= 0.3 is 0 Å². The molecule has 0 unspecified atom stereocenters. The van der Waals surface area contributed by atoms with Crippen molar-refractivity contribution in [3.63, 3.8) is 0 Å². The molecule has 7 aromatic rings. The Morgan fingerprint density at radius 1 is 0.262 bits per heavy atom. The summed E-state index contributed by atoms with van der Waals surface area (Å²) in [5.41, 5.74) is 10.5. The maximum absolute atomic E-state index is 4.95. The molecule has 0 aliphatic heterocycles. The number of hydrogen-bond donors (Lipinski definition) is 0. The highest BCUT2D eigenvalue weighted by atomic mass is 14.8. The maximum Gasteiger partial charge on any atom is 0.0900 e. The third-order valence-corrected chi connectivity index (χ3v) is 6.88. The molecule has 0 radical (unpaired) electrons. The van der Waals surface area contributed by atoms with Gasteiger partial charge in [0.25, 0.3) is 0 Å². The maximum atomic E-state index is 4.95. The van der Waals surface area contributed by atoms with Gasteiger partial charge in [-0.15, -0.1) is 0 Å². The van der Waals surface area contributed by atoms with Gasteiger partial charge in [0, 0.05) is 24.2 Å². The lowest BCUT2D eigenvalue weighted by Gasteiger charge is -2.10. The Balaban J connectivity index is 1.22. The second kappa shape index (κ2) is 11.3. The van der Waals surface area contributed by atoms with Crippen molar-refractivity contribution in [1.82, 2.24) is 29.9 Å². The van der Waals surface area contributed by atoms with E-state index in [0.717, 1.165) is 67.9 Å². The molecule has 0 fully saturated rings. The lowest BCUT2D eigenvalue weighted by molar-refractivity contribution is 1.22. The van der Waals surface area contributed by atoms with Crippen LogP contribution >= 0.6 is 0 Å². The molecular formula is C36H24N6. The summed E-state index contributed by atoms with van der Waals surface area (Å²) >= 11 is 0. The Kier molecular flexibility index (Phi) is 6.76. The van der Waals surface area contributed by atoms with E-state index in [0.29, 0.717) is 0 Å². The number of nitrogens with zero attached hydrogens (tertiary/aromatic N) is 6. The van der Waals surface area contributed by atoms with E-state index in [9.17, 15) is 0 Å². The minimum absolute atomic E-state index is 0.799. The molecule has 7 rings (SSSR count). The molecule has 0 bridgehead atoms. The second-order valence-corrected chi connectivity index (χ2v) is 9.66. The first-order chi connectivity index (χ1) is 20.8. The molecular weight excluding hydrogens is 516 g/mol. The van der Waals surface area contributed by atoms with E-state index >= 15 is 0 Å². The third kappa shape index (κ3) is 5.29. The van der Waals surface area contributed by atoms with Crippen LogP contribution in [0.1, 0.15) is 0 Å². The van der Waals surface area contributed by atoms with E-state index in [2.05, 4.69) is 51.4 Å². The molecule has 42 heavy (non-hydrogen) atoms. The lowest BCUT2D eigenvalue weighted by Crippen LogP contribution is -1.94. The summed E-state index contributed by atoms with van der Waals surface area (Å²) in [6.45, 7) is 0. The van der Waals surface area contributed by atoms with Crippen molar-refractivity contribution in [3.05, 3.63) is 146 Å². The minimum Gasteiger partial charge on any atom is -0.255 e. The van der Waals surface area contributed by atoms with Crippen LogP contribution in [0.5, 0.6) is 0 Å². The summed E-state index contributed by atoms with van der Waals surface area (Å²) in [4.78, 5) is 28.1. The number of aromatic nitrogens is 6. The van der Waals surface area contributed by atoms with Crippen LogP contribution < -0.4 is 0 Å².